The fourth-order valence-corrected chi connectivity index (χ4v) is 2.15. The van der Waals surface area contributed by atoms with Crippen LogP contribution in [0.25, 0.3) is 0 Å². The van der Waals surface area contributed by atoms with E-state index < -0.39 is 6.10 Å². The van der Waals surface area contributed by atoms with Crippen LogP contribution in [0.3, 0.4) is 0 Å². The summed E-state index contributed by atoms with van der Waals surface area (Å²) in [6.07, 6.45) is 1.12. The molecule has 1 aromatic rings. The molecule has 0 bridgehead atoms. The van der Waals surface area contributed by atoms with Gasteiger partial charge in [-0.2, -0.15) is 0 Å². The number of benzene rings is 1. The minimum atomic E-state index is -0.435. The maximum absolute atomic E-state index is 9.76. The molecule has 18 heavy (non-hydrogen) atoms. The lowest BCUT2D eigenvalue weighted by atomic mass is 9.95. The number of rotatable bonds is 6. The molecule has 0 radical (unpaired) electrons. The van der Waals surface area contributed by atoms with Crippen molar-refractivity contribution in [2.45, 2.75) is 52.7 Å². The van der Waals surface area contributed by atoms with Crippen LogP contribution >= 0.6 is 0 Å². The zero-order chi connectivity index (χ0) is 13.7. The minimum absolute atomic E-state index is 0.173. The largest absolute Gasteiger partial charge is 0.494 e. The lowest BCUT2D eigenvalue weighted by Gasteiger charge is -2.17. The Bertz CT molecular complexity index is 365. The molecule has 3 nitrogen and oxygen atoms in total. The van der Waals surface area contributed by atoms with Crippen LogP contribution in [-0.2, 0) is 6.42 Å². The van der Waals surface area contributed by atoms with Crippen molar-refractivity contribution in [1.82, 2.24) is 0 Å². The van der Waals surface area contributed by atoms with E-state index in [1.165, 1.54) is 16.7 Å². The van der Waals surface area contributed by atoms with Crippen molar-refractivity contribution >= 4 is 0 Å². The second-order valence-corrected chi connectivity index (χ2v) is 4.93. The molecule has 1 rings (SSSR count). The van der Waals surface area contributed by atoms with E-state index >= 15 is 0 Å². The first-order valence-corrected chi connectivity index (χ1v) is 6.62. The average Bonchev–Trinajstić information content (AvgIpc) is 2.27. The number of aliphatic hydroxyl groups is 1. The summed E-state index contributed by atoms with van der Waals surface area (Å²) in [6, 6.07) is 3.95. The van der Waals surface area contributed by atoms with Crippen LogP contribution in [0, 0.1) is 13.8 Å². The van der Waals surface area contributed by atoms with Crippen LogP contribution in [0.4, 0.5) is 0 Å². The van der Waals surface area contributed by atoms with Crippen molar-refractivity contribution < 1.29 is 9.84 Å². The van der Waals surface area contributed by atoms with Gasteiger partial charge in [0.2, 0.25) is 0 Å². The highest BCUT2D eigenvalue weighted by Gasteiger charge is 2.12. The van der Waals surface area contributed by atoms with Crippen molar-refractivity contribution in [3.63, 3.8) is 0 Å². The minimum Gasteiger partial charge on any atom is -0.494 e. The average molecular weight is 251 g/mol. The van der Waals surface area contributed by atoms with Gasteiger partial charge < -0.3 is 15.6 Å². The first-order valence-electron chi connectivity index (χ1n) is 6.62. The molecule has 0 saturated carbocycles. The number of aryl methyl sites for hydroxylation is 2. The number of aliphatic hydroxyl groups excluding tert-OH is 1. The van der Waals surface area contributed by atoms with Crippen molar-refractivity contribution in [1.29, 1.82) is 0 Å². The highest BCUT2D eigenvalue weighted by molar-refractivity contribution is 5.41. The smallest absolute Gasteiger partial charge is 0.119 e. The molecule has 2 unspecified atom stereocenters. The molecule has 0 heterocycles. The Morgan fingerprint density at radius 2 is 1.83 bits per heavy atom. The van der Waals surface area contributed by atoms with Gasteiger partial charge in [-0.15, -0.1) is 0 Å². The Morgan fingerprint density at radius 1 is 1.28 bits per heavy atom. The number of hydrogen-bond donors (Lipinski definition) is 2. The van der Waals surface area contributed by atoms with Crippen molar-refractivity contribution in [3.8, 4) is 5.75 Å². The fraction of sp³-hybridized carbons (Fsp3) is 0.600. The molecule has 2 atom stereocenters. The lowest BCUT2D eigenvalue weighted by Crippen LogP contribution is -2.31. The summed E-state index contributed by atoms with van der Waals surface area (Å²) in [5.41, 5.74) is 9.40. The summed E-state index contributed by atoms with van der Waals surface area (Å²) >= 11 is 0. The van der Waals surface area contributed by atoms with E-state index in [-0.39, 0.29) is 6.04 Å². The highest BCUT2D eigenvalue weighted by Crippen LogP contribution is 2.23. The van der Waals surface area contributed by atoms with Crippen LogP contribution < -0.4 is 10.5 Å². The van der Waals surface area contributed by atoms with E-state index in [0.29, 0.717) is 13.0 Å². The van der Waals surface area contributed by atoms with Gasteiger partial charge in [0.05, 0.1) is 12.7 Å². The Labute approximate surface area is 110 Å². The van der Waals surface area contributed by atoms with Crippen LogP contribution in [0.15, 0.2) is 12.1 Å². The standard InChI is InChI=1S/C15H25NO2/c1-5-18-13-8-10(2)14(11(3)9-13)6-7-15(17)12(4)16/h8-9,12,15,17H,5-7,16H2,1-4H3. The quantitative estimate of drug-likeness (QED) is 0.816. The summed E-state index contributed by atoms with van der Waals surface area (Å²) in [7, 11) is 0. The van der Waals surface area contributed by atoms with Gasteiger partial charge >= 0.3 is 0 Å². The third kappa shape index (κ3) is 4.00. The molecular weight excluding hydrogens is 226 g/mol. The van der Waals surface area contributed by atoms with E-state index in [0.717, 1.165) is 12.2 Å². The van der Waals surface area contributed by atoms with Gasteiger partial charge in [-0.05, 0) is 69.4 Å². The van der Waals surface area contributed by atoms with Crippen LogP contribution in [0.2, 0.25) is 0 Å². The zero-order valence-corrected chi connectivity index (χ0v) is 11.9. The Morgan fingerprint density at radius 3 is 2.28 bits per heavy atom. The Kier molecular flexibility index (Phi) is 5.63. The molecule has 0 spiro atoms. The van der Waals surface area contributed by atoms with E-state index in [1.807, 2.05) is 13.8 Å². The van der Waals surface area contributed by atoms with Gasteiger partial charge in [-0.25, -0.2) is 0 Å². The third-order valence-corrected chi connectivity index (χ3v) is 3.28. The molecule has 3 heteroatoms. The predicted molar refractivity (Wildman–Crippen MR) is 75.1 cm³/mol. The fourth-order valence-electron chi connectivity index (χ4n) is 2.15. The molecule has 0 aliphatic carbocycles. The molecular formula is C15H25NO2. The molecule has 0 aliphatic rings. The second kappa shape index (κ2) is 6.76. The topological polar surface area (TPSA) is 55.5 Å². The van der Waals surface area contributed by atoms with Crippen molar-refractivity contribution in [2.75, 3.05) is 6.61 Å². The molecule has 0 amide bonds. The molecule has 0 saturated heterocycles. The van der Waals surface area contributed by atoms with Gasteiger partial charge in [0.15, 0.2) is 0 Å². The van der Waals surface area contributed by atoms with Gasteiger partial charge in [-0.1, -0.05) is 0 Å². The maximum Gasteiger partial charge on any atom is 0.119 e. The predicted octanol–water partition coefficient (Wildman–Crippen LogP) is 2.34. The first kappa shape index (κ1) is 15.0. The third-order valence-electron chi connectivity index (χ3n) is 3.28. The van der Waals surface area contributed by atoms with Gasteiger partial charge in [-0.3, -0.25) is 0 Å². The first-order chi connectivity index (χ1) is 8.45. The summed E-state index contributed by atoms with van der Waals surface area (Å²) in [5.74, 6) is 0.920. The SMILES string of the molecule is CCOc1cc(C)c(CCC(O)C(C)N)c(C)c1. The van der Waals surface area contributed by atoms with Crippen LogP contribution in [-0.4, -0.2) is 23.9 Å². The molecule has 3 N–H and O–H groups in total. The van der Waals surface area contributed by atoms with Crippen LogP contribution in [0.5, 0.6) is 5.75 Å². The summed E-state index contributed by atoms with van der Waals surface area (Å²) in [4.78, 5) is 0. The maximum atomic E-state index is 9.76. The monoisotopic (exact) mass is 251 g/mol. The summed E-state index contributed by atoms with van der Waals surface area (Å²) in [5, 5.41) is 9.76. The lowest BCUT2D eigenvalue weighted by molar-refractivity contribution is 0.141. The zero-order valence-electron chi connectivity index (χ0n) is 11.9. The molecule has 0 fully saturated rings. The molecule has 102 valence electrons. The van der Waals surface area contributed by atoms with E-state index in [9.17, 15) is 5.11 Å². The van der Waals surface area contributed by atoms with Gasteiger partial charge in [0.1, 0.15) is 5.75 Å². The van der Waals surface area contributed by atoms with Gasteiger partial charge in [0, 0.05) is 6.04 Å². The van der Waals surface area contributed by atoms with Crippen molar-refractivity contribution in [3.05, 3.63) is 28.8 Å². The molecule has 0 aromatic heterocycles. The normalized spacial score (nSPS) is 14.3. The summed E-state index contributed by atoms with van der Waals surface area (Å²) in [6.45, 7) is 8.67. The second-order valence-electron chi connectivity index (χ2n) is 4.93. The van der Waals surface area contributed by atoms with E-state index in [4.69, 9.17) is 10.5 Å². The summed E-state index contributed by atoms with van der Waals surface area (Å²) < 4.78 is 5.52. The highest BCUT2D eigenvalue weighted by atomic mass is 16.5. The van der Waals surface area contributed by atoms with E-state index in [2.05, 4.69) is 26.0 Å². The number of ether oxygens (including phenoxy) is 1. The number of hydrogen-bond acceptors (Lipinski definition) is 3. The number of nitrogens with two attached hydrogens (primary N) is 1. The Hall–Kier alpha value is -1.06. The van der Waals surface area contributed by atoms with Gasteiger partial charge in [0.25, 0.3) is 0 Å². The Balaban J connectivity index is 2.77. The molecule has 1 aromatic carbocycles. The van der Waals surface area contributed by atoms with Crippen LogP contribution in [0.1, 0.15) is 37.0 Å². The van der Waals surface area contributed by atoms with Crippen molar-refractivity contribution in [2.24, 2.45) is 5.73 Å². The molecule has 0 aliphatic heterocycles. The van der Waals surface area contributed by atoms with E-state index in [1.54, 1.807) is 0 Å².